The van der Waals surface area contributed by atoms with Crippen LogP contribution in [-0.4, -0.2) is 34.1 Å². The van der Waals surface area contributed by atoms with Gasteiger partial charge in [-0.25, -0.2) is 9.59 Å². The van der Waals surface area contributed by atoms with Gasteiger partial charge in [-0.1, -0.05) is 18.2 Å². The second-order valence-electron chi connectivity index (χ2n) is 4.66. The maximum atomic E-state index is 11.9. The van der Waals surface area contributed by atoms with E-state index in [1.807, 2.05) is 0 Å². The summed E-state index contributed by atoms with van der Waals surface area (Å²) in [5.41, 5.74) is 0.110. The number of rotatable bonds is 3. The van der Waals surface area contributed by atoms with Gasteiger partial charge in [0.25, 0.3) is 0 Å². The lowest BCUT2D eigenvalue weighted by atomic mass is 9.99. The first-order valence-electron chi connectivity index (χ1n) is 6.41. The standard InChI is InChI=1S/C13H16N2O4S/c1-7-10(12(17)19-2)11(15-13(18)14-7)20-9-6-4-3-5-8(9)16/h9H,3-6H2,1-2H3,(H,14,15,18)/t9-/m1/s1. The molecule has 0 unspecified atom stereocenters. The minimum Gasteiger partial charge on any atom is -0.465 e. The molecule has 1 heterocycles. The molecule has 20 heavy (non-hydrogen) atoms. The zero-order valence-corrected chi connectivity index (χ0v) is 12.2. The van der Waals surface area contributed by atoms with Gasteiger partial charge < -0.3 is 9.72 Å². The number of methoxy groups -OCH3 is 1. The molecule has 0 aliphatic heterocycles. The molecule has 108 valence electrons. The summed E-state index contributed by atoms with van der Waals surface area (Å²) in [5, 5.41) is 0.0409. The Morgan fingerprint density at radius 2 is 2.15 bits per heavy atom. The van der Waals surface area contributed by atoms with E-state index in [-0.39, 0.29) is 21.6 Å². The van der Waals surface area contributed by atoms with Crippen molar-refractivity contribution in [2.24, 2.45) is 0 Å². The maximum absolute atomic E-state index is 11.9. The fraction of sp³-hybridized carbons (Fsp3) is 0.538. The number of esters is 1. The fourth-order valence-corrected chi connectivity index (χ4v) is 3.49. The molecule has 6 nitrogen and oxygen atoms in total. The van der Waals surface area contributed by atoms with E-state index in [2.05, 4.69) is 9.97 Å². The Hall–Kier alpha value is -1.63. The molecule has 1 N–H and O–H groups in total. The Labute approximate surface area is 120 Å². The van der Waals surface area contributed by atoms with Crippen molar-refractivity contribution in [3.63, 3.8) is 0 Å². The zero-order chi connectivity index (χ0) is 14.7. The van der Waals surface area contributed by atoms with Gasteiger partial charge in [0.1, 0.15) is 16.4 Å². The summed E-state index contributed by atoms with van der Waals surface area (Å²) in [7, 11) is 1.27. The van der Waals surface area contributed by atoms with Crippen LogP contribution in [0.2, 0.25) is 0 Å². The normalized spacial score (nSPS) is 18.9. The molecular weight excluding hydrogens is 280 g/mol. The molecule has 1 aliphatic rings. The molecule has 0 aromatic carbocycles. The Morgan fingerprint density at radius 3 is 2.80 bits per heavy atom. The molecule has 1 fully saturated rings. The molecule has 0 bridgehead atoms. The Morgan fingerprint density at radius 1 is 1.40 bits per heavy atom. The number of hydrogen-bond acceptors (Lipinski definition) is 6. The Bertz CT molecular complexity index is 597. The number of nitrogens with zero attached hydrogens (tertiary/aromatic N) is 1. The summed E-state index contributed by atoms with van der Waals surface area (Å²) >= 11 is 1.19. The third kappa shape index (κ3) is 3.09. The van der Waals surface area contributed by atoms with Crippen molar-refractivity contribution in [2.75, 3.05) is 7.11 Å². The predicted octanol–water partition coefficient (Wildman–Crippen LogP) is 1.47. The summed E-state index contributed by atoms with van der Waals surface area (Å²) in [6.07, 6.45) is 3.17. The van der Waals surface area contributed by atoms with Crippen molar-refractivity contribution in [1.82, 2.24) is 9.97 Å². The first-order chi connectivity index (χ1) is 9.52. The maximum Gasteiger partial charge on any atom is 0.346 e. The van der Waals surface area contributed by atoms with Crippen LogP contribution in [0.25, 0.3) is 0 Å². The first kappa shape index (κ1) is 14.8. The van der Waals surface area contributed by atoms with Gasteiger partial charge in [-0.15, -0.1) is 0 Å². The van der Waals surface area contributed by atoms with E-state index in [1.165, 1.54) is 18.9 Å². The SMILES string of the molecule is COC(=O)c1c(S[C@@H]2CCCCC2=O)nc(=O)[nH]c1C. The van der Waals surface area contributed by atoms with Gasteiger partial charge in [-0.05, 0) is 19.8 Å². The van der Waals surface area contributed by atoms with E-state index in [4.69, 9.17) is 4.74 Å². The molecular formula is C13H16N2O4S. The third-order valence-corrected chi connectivity index (χ3v) is 4.53. The summed E-state index contributed by atoms with van der Waals surface area (Å²) in [6, 6.07) is 0. The van der Waals surface area contributed by atoms with Crippen molar-refractivity contribution < 1.29 is 14.3 Å². The lowest BCUT2D eigenvalue weighted by Gasteiger charge is -2.20. The van der Waals surface area contributed by atoms with E-state index in [9.17, 15) is 14.4 Å². The van der Waals surface area contributed by atoms with Crippen molar-refractivity contribution >= 4 is 23.5 Å². The number of thioether (sulfide) groups is 1. The molecule has 0 saturated heterocycles. The van der Waals surface area contributed by atoms with Gasteiger partial charge in [0.15, 0.2) is 0 Å². The van der Waals surface area contributed by atoms with Gasteiger partial charge in [0.05, 0.1) is 12.4 Å². The van der Waals surface area contributed by atoms with Crippen molar-refractivity contribution in [3.8, 4) is 0 Å². The van der Waals surface area contributed by atoms with E-state index in [1.54, 1.807) is 6.92 Å². The highest BCUT2D eigenvalue weighted by molar-refractivity contribution is 8.00. The first-order valence-corrected chi connectivity index (χ1v) is 7.29. The number of aromatic nitrogens is 2. The number of carbonyl (C=O) groups is 2. The fourth-order valence-electron chi connectivity index (χ4n) is 2.20. The van der Waals surface area contributed by atoms with Crippen LogP contribution in [0.3, 0.4) is 0 Å². The summed E-state index contributed by atoms with van der Waals surface area (Å²) in [6.45, 7) is 1.61. The van der Waals surface area contributed by atoms with Crippen LogP contribution in [0.15, 0.2) is 9.82 Å². The topological polar surface area (TPSA) is 89.1 Å². The predicted molar refractivity (Wildman–Crippen MR) is 74.1 cm³/mol. The van der Waals surface area contributed by atoms with Crippen LogP contribution in [0.1, 0.15) is 41.7 Å². The van der Waals surface area contributed by atoms with E-state index < -0.39 is 11.7 Å². The number of aryl methyl sites for hydroxylation is 1. The molecule has 7 heteroatoms. The lowest BCUT2D eigenvalue weighted by Crippen LogP contribution is -2.24. The molecule has 0 amide bonds. The quantitative estimate of drug-likeness (QED) is 0.671. The van der Waals surface area contributed by atoms with Gasteiger partial charge in [0.2, 0.25) is 0 Å². The number of carbonyl (C=O) groups excluding carboxylic acids is 2. The van der Waals surface area contributed by atoms with E-state index >= 15 is 0 Å². The van der Waals surface area contributed by atoms with Crippen LogP contribution in [-0.2, 0) is 9.53 Å². The van der Waals surface area contributed by atoms with Crippen LogP contribution in [0, 0.1) is 6.92 Å². The molecule has 0 radical (unpaired) electrons. The number of H-pyrrole nitrogens is 1. The van der Waals surface area contributed by atoms with Crippen molar-refractivity contribution in [1.29, 1.82) is 0 Å². The molecule has 1 aromatic heterocycles. The Kier molecular flexibility index (Phi) is 4.59. The van der Waals surface area contributed by atoms with Gasteiger partial charge in [0, 0.05) is 12.1 Å². The average Bonchev–Trinajstić information content (AvgIpc) is 2.40. The van der Waals surface area contributed by atoms with Crippen molar-refractivity contribution in [2.45, 2.75) is 42.9 Å². The summed E-state index contributed by atoms with van der Waals surface area (Å²) < 4.78 is 4.71. The van der Waals surface area contributed by atoms with Gasteiger partial charge in [-0.2, -0.15) is 4.98 Å². The van der Waals surface area contributed by atoms with Crippen molar-refractivity contribution in [3.05, 3.63) is 21.7 Å². The average molecular weight is 296 g/mol. The van der Waals surface area contributed by atoms with Gasteiger partial charge in [-0.3, -0.25) is 4.79 Å². The molecule has 1 saturated carbocycles. The smallest absolute Gasteiger partial charge is 0.346 e. The minimum atomic E-state index is -0.558. The number of aromatic amines is 1. The Balaban J connectivity index is 2.36. The molecule has 1 atom stereocenters. The number of ether oxygens (including phenoxy) is 1. The molecule has 1 aromatic rings. The number of hydrogen-bond donors (Lipinski definition) is 1. The highest BCUT2D eigenvalue weighted by Gasteiger charge is 2.27. The van der Waals surface area contributed by atoms with E-state index in [0.29, 0.717) is 12.1 Å². The highest BCUT2D eigenvalue weighted by atomic mass is 32.2. The molecule has 2 rings (SSSR count). The largest absolute Gasteiger partial charge is 0.465 e. The number of nitrogens with one attached hydrogen (secondary N) is 1. The highest BCUT2D eigenvalue weighted by Crippen LogP contribution is 2.32. The summed E-state index contributed by atoms with van der Waals surface area (Å²) in [5.74, 6) is -0.409. The minimum absolute atomic E-state index is 0.150. The van der Waals surface area contributed by atoms with E-state index in [0.717, 1.165) is 19.3 Å². The van der Waals surface area contributed by atoms with Crippen LogP contribution < -0.4 is 5.69 Å². The monoisotopic (exact) mass is 296 g/mol. The molecule has 1 aliphatic carbocycles. The second kappa shape index (κ2) is 6.21. The second-order valence-corrected chi connectivity index (χ2v) is 5.85. The number of ketones is 1. The van der Waals surface area contributed by atoms with Crippen LogP contribution in [0.4, 0.5) is 0 Å². The van der Waals surface area contributed by atoms with Gasteiger partial charge >= 0.3 is 11.7 Å². The van der Waals surface area contributed by atoms with Crippen LogP contribution in [0.5, 0.6) is 0 Å². The molecule has 0 spiro atoms. The summed E-state index contributed by atoms with van der Waals surface area (Å²) in [4.78, 5) is 41.5. The third-order valence-electron chi connectivity index (χ3n) is 3.23. The zero-order valence-electron chi connectivity index (χ0n) is 11.4. The van der Waals surface area contributed by atoms with Crippen LogP contribution >= 0.6 is 11.8 Å². The lowest BCUT2D eigenvalue weighted by molar-refractivity contribution is -0.119. The number of Topliss-reactive ketones (excluding diaryl/α,β-unsaturated/α-hetero) is 1.